The van der Waals surface area contributed by atoms with E-state index in [1.807, 2.05) is 18.4 Å². The Morgan fingerprint density at radius 2 is 2.21 bits per heavy atom. The largest absolute Gasteiger partial charge is 0.496 e. The van der Waals surface area contributed by atoms with Gasteiger partial charge in [0.05, 0.1) is 13.7 Å². The van der Waals surface area contributed by atoms with Crippen LogP contribution >= 0.6 is 11.3 Å². The second-order valence-corrected chi connectivity index (χ2v) is 4.12. The lowest BCUT2D eigenvalue weighted by Gasteiger charge is -2.07. The van der Waals surface area contributed by atoms with Crippen molar-refractivity contribution in [1.82, 2.24) is 0 Å². The summed E-state index contributed by atoms with van der Waals surface area (Å²) in [5.74, 6) is 0.882. The third kappa shape index (κ3) is 1.29. The van der Waals surface area contributed by atoms with E-state index in [0.717, 1.165) is 27.0 Å². The molecule has 0 aliphatic heterocycles. The van der Waals surface area contributed by atoms with Crippen molar-refractivity contribution in [2.24, 2.45) is 0 Å². The molecule has 1 aromatic carbocycles. The maximum atomic E-state index is 9.19. The average Bonchev–Trinajstić information content (AvgIpc) is 2.61. The Balaban J connectivity index is 2.81. The second kappa shape index (κ2) is 3.59. The lowest BCUT2D eigenvalue weighted by atomic mass is 10.1. The molecule has 0 aliphatic rings. The van der Waals surface area contributed by atoms with Crippen molar-refractivity contribution in [3.63, 3.8) is 0 Å². The van der Waals surface area contributed by atoms with Gasteiger partial charge < -0.3 is 9.84 Å². The van der Waals surface area contributed by atoms with E-state index >= 15 is 0 Å². The molecule has 1 heterocycles. The number of hydrogen-bond acceptors (Lipinski definition) is 3. The van der Waals surface area contributed by atoms with Crippen LogP contribution in [0.25, 0.3) is 10.1 Å². The lowest BCUT2D eigenvalue weighted by molar-refractivity contribution is 0.283. The first-order valence-corrected chi connectivity index (χ1v) is 5.30. The molecule has 2 nitrogen and oxygen atoms in total. The molecule has 0 bridgehead atoms. The number of hydrogen-bond donors (Lipinski definition) is 1. The highest BCUT2D eigenvalue weighted by Gasteiger charge is 2.10. The molecule has 3 heteroatoms. The molecule has 0 atom stereocenters. The minimum Gasteiger partial charge on any atom is -0.496 e. The summed E-state index contributed by atoms with van der Waals surface area (Å²) in [7, 11) is 1.67. The summed E-state index contributed by atoms with van der Waals surface area (Å²) in [5, 5.41) is 12.2. The van der Waals surface area contributed by atoms with Gasteiger partial charge in [0.25, 0.3) is 0 Å². The number of thiophene rings is 1. The van der Waals surface area contributed by atoms with Crippen molar-refractivity contribution in [2.45, 2.75) is 13.5 Å². The van der Waals surface area contributed by atoms with E-state index in [2.05, 4.69) is 6.07 Å². The van der Waals surface area contributed by atoms with E-state index in [9.17, 15) is 5.11 Å². The van der Waals surface area contributed by atoms with Gasteiger partial charge in [0.2, 0.25) is 0 Å². The highest BCUT2D eigenvalue weighted by Crippen LogP contribution is 2.36. The standard InChI is InChI=1S/C11H12O2S/c1-7-3-4-9-10(11(7)13-2)8(5-12)6-14-9/h3-4,6,12H,5H2,1-2H3. The zero-order valence-electron chi connectivity index (χ0n) is 8.20. The molecule has 0 unspecified atom stereocenters. The minimum absolute atomic E-state index is 0.0693. The second-order valence-electron chi connectivity index (χ2n) is 3.21. The Bertz CT molecular complexity index is 460. The van der Waals surface area contributed by atoms with E-state index < -0.39 is 0 Å². The van der Waals surface area contributed by atoms with Crippen molar-refractivity contribution < 1.29 is 9.84 Å². The summed E-state index contributed by atoms with van der Waals surface area (Å²) in [4.78, 5) is 0. The molecule has 0 saturated heterocycles. The van der Waals surface area contributed by atoms with E-state index in [1.54, 1.807) is 18.4 Å². The monoisotopic (exact) mass is 208 g/mol. The first-order chi connectivity index (χ1) is 6.77. The molecule has 0 radical (unpaired) electrons. The van der Waals surface area contributed by atoms with Gasteiger partial charge in [-0.25, -0.2) is 0 Å². The summed E-state index contributed by atoms with van der Waals surface area (Å²) in [6.45, 7) is 2.08. The van der Waals surface area contributed by atoms with Crippen LogP contribution in [0, 0.1) is 6.92 Å². The molecule has 2 aromatic rings. The topological polar surface area (TPSA) is 29.5 Å². The molecule has 0 spiro atoms. The molecule has 14 heavy (non-hydrogen) atoms. The zero-order valence-corrected chi connectivity index (χ0v) is 9.02. The fourth-order valence-corrected chi connectivity index (χ4v) is 2.59. The Kier molecular flexibility index (Phi) is 2.44. The van der Waals surface area contributed by atoms with Crippen LogP contribution in [0.4, 0.5) is 0 Å². The molecule has 1 aromatic heterocycles. The fraction of sp³-hybridized carbons (Fsp3) is 0.273. The molecule has 0 amide bonds. The highest BCUT2D eigenvalue weighted by atomic mass is 32.1. The van der Waals surface area contributed by atoms with Crippen LogP contribution < -0.4 is 4.74 Å². The molecular weight excluding hydrogens is 196 g/mol. The molecule has 74 valence electrons. The van der Waals surface area contributed by atoms with Crippen molar-refractivity contribution in [1.29, 1.82) is 0 Å². The summed E-state index contributed by atoms with van der Waals surface area (Å²) in [5.41, 5.74) is 2.05. The third-order valence-electron chi connectivity index (χ3n) is 2.34. The number of methoxy groups -OCH3 is 1. The quantitative estimate of drug-likeness (QED) is 0.822. The smallest absolute Gasteiger partial charge is 0.130 e. The van der Waals surface area contributed by atoms with Gasteiger partial charge in [-0.1, -0.05) is 6.07 Å². The first-order valence-electron chi connectivity index (χ1n) is 4.42. The summed E-state index contributed by atoms with van der Waals surface area (Å²) in [6, 6.07) is 4.11. The Morgan fingerprint density at radius 1 is 1.43 bits per heavy atom. The SMILES string of the molecule is COc1c(C)ccc2scc(CO)c12. The molecule has 0 fully saturated rings. The highest BCUT2D eigenvalue weighted by molar-refractivity contribution is 7.17. The van der Waals surface area contributed by atoms with Crippen LogP contribution in [0.5, 0.6) is 5.75 Å². The molecular formula is C11H12O2S. The number of aliphatic hydroxyl groups is 1. The van der Waals surface area contributed by atoms with Crippen molar-refractivity contribution in [2.75, 3.05) is 7.11 Å². The van der Waals surface area contributed by atoms with Crippen LogP contribution in [0.15, 0.2) is 17.5 Å². The summed E-state index contributed by atoms with van der Waals surface area (Å²) in [6.07, 6.45) is 0. The number of aliphatic hydroxyl groups excluding tert-OH is 1. The van der Waals surface area contributed by atoms with Crippen LogP contribution in [0.2, 0.25) is 0 Å². The first kappa shape index (κ1) is 9.49. The van der Waals surface area contributed by atoms with Crippen molar-refractivity contribution in [3.05, 3.63) is 28.6 Å². The van der Waals surface area contributed by atoms with Gasteiger partial charge in [0, 0.05) is 10.1 Å². The summed E-state index contributed by atoms with van der Waals surface area (Å²) >= 11 is 1.64. The van der Waals surface area contributed by atoms with Gasteiger partial charge >= 0.3 is 0 Å². The van der Waals surface area contributed by atoms with Crippen molar-refractivity contribution in [3.8, 4) is 5.75 Å². The lowest BCUT2D eigenvalue weighted by Crippen LogP contribution is -1.89. The predicted molar refractivity (Wildman–Crippen MR) is 59.0 cm³/mol. The summed E-state index contributed by atoms with van der Waals surface area (Å²) < 4.78 is 6.52. The Labute approximate surface area is 86.8 Å². The van der Waals surface area contributed by atoms with Gasteiger partial charge in [0.1, 0.15) is 5.75 Å². The van der Waals surface area contributed by atoms with E-state index in [-0.39, 0.29) is 6.61 Å². The van der Waals surface area contributed by atoms with Gasteiger partial charge in [0.15, 0.2) is 0 Å². The fourth-order valence-electron chi connectivity index (χ4n) is 1.64. The van der Waals surface area contributed by atoms with Crippen LogP contribution in [-0.2, 0) is 6.61 Å². The molecule has 1 N–H and O–H groups in total. The van der Waals surface area contributed by atoms with Gasteiger partial charge in [-0.2, -0.15) is 0 Å². The van der Waals surface area contributed by atoms with Gasteiger partial charge in [-0.3, -0.25) is 0 Å². The number of fused-ring (bicyclic) bond motifs is 1. The third-order valence-corrected chi connectivity index (χ3v) is 3.34. The predicted octanol–water partition coefficient (Wildman–Crippen LogP) is 2.71. The van der Waals surface area contributed by atoms with E-state index in [0.29, 0.717) is 0 Å². The normalized spacial score (nSPS) is 10.8. The number of rotatable bonds is 2. The maximum Gasteiger partial charge on any atom is 0.130 e. The van der Waals surface area contributed by atoms with Gasteiger partial charge in [-0.15, -0.1) is 11.3 Å². The van der Waals surface area contributed by atoms with Crippen LogP contribution in [0.1, 0.15) is 11.1 Å². The molecule has 2 rings (SSSR count). The van der Waals surface area contributed by atoms with E-state index in [4.69, 9.17) is 4.74 Å². The van der Waals surface area contributed by atoms with Crippen LogP contribution in [-0.4, -0.2) is 12.2 Å². The average molecular weight is 208 g/mol. The maximum absolute atomic E-state index is 9.19. The minimum atomic E-state index is 0.0693. The molecule has 0 saturated carbocycles. The Hall–Kier alpha value is -1.06. The van der Waals surface area contributed by atoms with Crippen molar-refractivity contribution >= 4 is 21.4 Å². The number of benzene rings is 1. The van der Waals surface area contributed by atoms with E-state index in [1.165, 1.54) is 0 Å². The van der Waals surface area contributed by atoms with Crippen LogP contribution in [0.3, 0.4) is 0 Å². The van der Waals surface area contributed by atoms with Gasteiger partial charge in [-0.05, 0) is 29.5 Å². The zero-order chi connectivity index (χ0) is 10.1. The Morgan fingerprint density at radius 3 is 2.86 bits per heavy atom. The number of ether oxygens (including phenoxy) is 1. The number of aryl methyl sites for hydroxylation is 1. The molecule has 0 aliphatic carbocycles.